The molecule has 1 amide bonds. The lowest BCUT2D eigenvalue weighted by atomic mass is 9.95. The first kappa shape index (κ1) is 12.8. The van der Waals surface area contributed by atoms with Gasteiger partial charge in [-0.3, -0.25) is 4.79 Å². The SMILES string of the molecule is CNCCC(=O)NC1CCCC(SC)C1. The summed E-state index contributed by atoms with van der Waals surface area (Å²) in [4.78, 5) is 11.5. The maximum atomic E-state index is 11.5. The minimum atomic E-state index is 0.191. The van der Waals surface area contributed by atoms with Crippen molar-refractivity contribution in [3.05, 3.63) is 0 Å². The summed E-state index contributed by atoms with van der Waals surface area (Å²) in [6.45, 7) is 0.768. The van der Waals surface area contributed by atoms with Crippen LogP contribution in [0, 0.1) is 0 Å². The van der Waals surface area contributed by atoms with Crippen LogP contribution in [-0.4, -0.2) is 37.0 Å². The van der Waals surface area contributed by atoms with Gasteiger partial charge in [-0.25, -0.2) is 0 Å². The van der Waals surface area contributed by atoms with Crippen LogP contribution in [0.4, 0.5) is 0 Å². The third kappa shape index (κ3) is 4.89. The quantitative estimate of drug-likeness (QED) is 0.750. The van der Waals surface area contributed by atoms with Crippen LogP contribution in [-0.2, 0) is 4.79 Å². The summed E-state index contributed by atoms with van der Waals surface area (Å²) in [7, 11) is 1.87. The van der Waals surface area contributed by atoms with Crippen molar-refractivity contribution >= 4 is 17.7 Å². The van der Waals surface area contributed by atoms with Gasteiger partial charge in [0.15, 0.2) is 0 Å². The van der Waals surface area contributed by atoms with Gasteiger partial charge in [-0.05, 0) is 32.6 Å². The molecule has 0 aromatic rings. The first-order valence-electron chi connectivity index (χ1n) is 5.73. The Morgan fingerprint density at radius 1 is 1.47 bits per heavy atom. The van der Waals surface area contributed by atoms with Gasteiger partial charge in [-0.2, -0.15) is 11.8 Å². The molecule has 3 nitrogen and oxygen atoms in total. The molecule has 0 aromatic carbocycles. The van der Waals surface area contributed by atoms with E-state index in [9.17, 15) is 4.79 Å². The number of hydrogen-bond acceptors (Lipinski definition) is 3. The van der Waals surface area contributed by atoms with Gasteiger partial charge in [0.2, 0.25) is 5.91 Å². The Labute approximate surface area is 96.8 Å². The molecule has 1 fully saturated rings. The lowest BCUT2D eigenvalue weighted by molar-refractivity contribution is -0.121. The Morgan fingerprint density at radius 3 is 2.93 bits per heavy atom. The molecule has 0 saturated heterocycles. The molecule has 0 aliphatic heterocycles. The summed E-state index contributed by atoms with van der Waals surface area (Å²) >= 11 is 1.93. The number of amides is 1. The second-order valence-corrected chi connectivity index (χ2v) is 5.28. The van der Waals surface area contributed by atoms with E-state index in [2.05, 4.69) is 16.9 Å². The molecule has 88 valence electrons. The molecule has 15 heavy (non-hydrogen) atoms. The van der Waals surface area contributed by atoms with Crippen LogP contribution >= 0.6 is 11.8 Å². The van der Waals surface area contributed by atoms with E-state index in [1.54, 1.807) is 0 Å². The number of hydrogen-bond donors (Lipinski definition) is 2. The van der Waals surface area contributed by atoms with Crippen molar-refractivity contribution in [2.75, 3.05) is 19.8 Å². The Bertz CT molecular complexity index is 199. The Balaban J connectivity index is 2.22. The highest BCUT2D eigenvalue weighted by Gasteiger charge is 2.22. The average molecular weight is 230 g/mol. The molecule has 0 heterocycles. The lowest BCUT2D eigenvalue weighted by Crippen LogP contribution is -2.39. The largest absolute Gasteiger partial charge is 0.353 e. The standard InChI is InChI=1S/C11H22N2OS/c1-12-7-6-11(14)13-9-4-3-5-10(8-9)15-2/h9-10,12H,3-8H2,1-2H3,(H,13,14). The maximum absolute atomic E-state index is 11.5. The lowest BCUT2D eigenvalue weighted by Gasteiger charge is -2.28. The molecule has 2 unspecified atom stereocenters. The molecule has 4 heteroatoms. The number of thioether (sulfide) groups is 1. The van der Waals surface area contributed by atoms with Crippen LogP contribution in [0.3, 0.4) is 0 Å². The average Bonchev–Trinajstić information content (AvgIpc) is 2.26. The van der Waals surface area contributed by atoms with Crippen LogP contribution in [0.15, 0.2) is 0 Å². The number of carbonyl (C=O) groups excluding carboxylic acids is 1. The predicted molar refractivity (Wildman–Crippen MR) is 66.2 cm³/mol. The molecule has 2 atom stereocenters. The van der Waals surface area contributed by atoms with E-state index < -0.39 is 0 Å². The molecule has 0 radical (unpaired) electrons. The van der Waals surface area contributed by atoms with Gasteiger partial charge in [-0.1, -0.05) is 6.42 Å². The Hall–Kier alpha value is -0.220. The molecule has 0 bridgehead atoms. The second kappa shape index (κ2) is 7.12. The van der Waals surface area contributed by atoms with Gasteiger partial charge in [0, 0.05) is 24.3 Å². The van der Waals surface area contributed by atoms with E-state index in [4.69, 9.17) is 0 Å². The van der Waals surface area contributed by atoms with Crippen LogP contribution in [0.1, 0.15) is 32.1 Å². The molecular weight excluding hydrogens is 208 g/mol. The third-order valence-electron chi connectivity index (χ3n) is 2.93. The van der Waals surface area contributed by atoms with Crippen molar-refractivity contribution in [2.24, 2.45) is 0 Å². The highest BCUT2D eigenvalue weighted by atomic mass is 32.2. The van der Waals surface area contributed by atoms with E-state index in [0.29, 0.717) is 12.5 Å². The zero-order valence-electron chi connectivity index (χ0n) is 9.71. The molecule has 1 saturated carbocycles. The fraction of sp³-hybridized carbons (Fsp3) is 0.909. The summed E-state index contributed by atoms with van der Waals surface area (Å²) in [5, 5.41) is 6.86. The molecule has 2 N–H and O–H groups in total. The van der Waals surface area contributed by atoms with Crippen LogP contribution in [0.2, 0.25) is 0 Å². The van der Waals surface area contributed by atoms with Crippen LogP contribution < -0.4 is 10.6 Å². The van der Waals surface area contributed by atoms with Crippen molar-refractivity contribution in [2.45, 2.75) is 43.4 Å². The van der Waals surface area contributed by atoms with Gasteiger partial charge in [0.1, 0.15) is 0 Å². The van der Waals surface area contributed by atoms with Crippen molar-refractivity contribution in [1.82, 2.24) is 10.6 Å². The van der Waals surface area contributed by atoms with E-state index in [-0.39, 0.29) is 5.91 Å². The minimum absolute atomic E-state index is 0.191. The van der Waals surface area contributed by atoms with E-state index in [1.807, 2.05) is 18.8 Å². The third-order valence-corrected chi connectivity index (χ3v) is 4.02. The number of carbonyl (C=O) groups is 1. The van der Waals surface area contributed by atoms with Crippen molar-refractivity contribution in [1.29, 1.82) is 0 Å². The summed E-state index contributed by atoms with van der Waals surface area (Å²) in [6, 6.07) is 0.417. The Kier molecular flexibility index (Phi) is 6.10. The predicted octanol–water partition coefficient (Wildman–Crippen LogP) is 1.39. The molecule has 0 spiro atoms. The maximum Gasteiger partial charge on any atom is 0.221 e. The second-order valence-electron chi connectivity index (χ2n) is 4.14. The number of rotatable bonds is 5. The normalized spacial score (nSPS) is 26.3. The first-order valence-corrected chi connectivity index (χ1v) is 7.01. The monoisotopic (exact) mass is 230 g/mol. The van der Waals surface area contributed by atoms with Crippen molar-refractivity contribution in [3.63, 3.8) is 0 Å². The smallest absolute Gasteiger partial charge is 0.221 e. The first-order chi connectivity index (χ1) is 7.26. The molecule has 1 aliphatic rings. The molecule has 1 aliphatic carbocycles. The fourth-order valence-electron chi connectivity index (χ4n) is 2.03. The van der Waals surface area contributed by atoms with Gasteiger partial charge >= 0.3 is 0 Å². The summed E-state index contributed by atoms with van der Waals surface area (Å²) in [6.07, 6.45) is 7.62. The summed E-state index contributed by atoms with van der Waals surface area (Å²) in [5.41, 5.74) is 0. The van der Waals surface area contributed by atoms with E-state index in [1.165, 1.54) is 12.8 Å². The topological polar surface area (TPSA) is 41.1 Å². The van der Waals surface area contributed by atoms with Crippen LogP contribution in [0.25, 0.3) is 0 Å². The number of nitrogens with one attached hydrogen (secondary N) is 2. The van der Waals surface area contributed by atoms with Crippen molar-refractivity contribution in [3.8, 4) is 0 Å². The molecule has 0 aromatic heterocycles. The van der Waals surface area contributed by atoms with E-state index >= 15 is 0 Å². The van der Waals surface area contributed by atoms with Gasteiger partial charge < -0.3 is 10.6 Å². The minimum Gasteiger partial charge on any atom is -0.353 e. The molecule has 1 rings (SSSR count). The highest BCUT2D eigenvalue weighted by Crippen LogP contribution is 2.26. The van der Waals surface area contributed by atoms with Gasteiger partial charge in [0.25, 0.3) is 0 Å². The highest BCUT2D eigenvalue weighted by molar-refractivity contribution is 7.99. The van der Waals surface area contributed by atoms with Gasteiger partial charge in [-0.15, -0.1) is 0 Å². The summed E-state index contributed by atoms with van der Waals surface area (Å²) in [5.74, 6) is 0.191. The fourth-order valence-corrected chi connectivity index (χ4v) is 2.86. The zero-order valence-corrected chi connectivity index (χ0v) is 10.5. The van der Waals surface area contributed by atoms with Crippen LogP contribution in [0.5, 0.6) is 0 Å². The van der Waals surface area contributed by atoms with E-state index in [0.717, 1.165) is 24.6 Å². The zero-order chi connectivity index (χ0) is 11.1. The van der Waals surface area contributed by atoms with Crippen molar-refractivity contribution < 1.29 is 4.79 Å². The van der Waals surface area contributed by atoms with Gasteiger partial charge in [0.05, 0.1) is 0 Å². The Morgan fingerprint density at radius 2 is 2.27 bits per heavy atom. The molecular formula is C11H22N2OS. The summed E-state index contributed by atoms with van der Waals surface area (Å²) < 4.78 is 0.